The van der Waals surface area contributed by atoms with E-state index in [4.69, 9.17) is 0 Å². The standard InChI is InChI=1S/C23H29N5O3S/c1-8-14-11-9-10-13(2)17(14)24-15(29)12-32-19-16-18(25-21(26-19)23(3,4)5)27(6)22(31)28(7)20(16)30/h9-11H,8,12H2,1-7H3,(H,24,29). The summed E-state index contributed by atoms with van der Waals surface area (Å²) in [6.07, 6.45) is 0.806. The number of para-hydroxylation sites is 1. The average Bonchev–Trinajstić information content (AvgIpc) is 2.74. The molecule has 0 bridgehead atoms. The molecule has 1 aromatic carbocycles. The van der Waals surface area contributed by atoms with Crippen LogP contribution in [-0.4, -0.2) is 30.8 Å². The van der Waals surface area contributed by atoms with Crippen molar-refractivity contribution in [3.05, 3.63) is 56.0 Å². The normalized spacial score (nSPS) is 11.7. The Morgan fingerprint density at radius 3 is 2.44 bits per heavy atom. The van der Waals surface area contributed by atoms with E-state index >= 15 is 0 Å². The fourth-order valence-electron chi connectivity index (χ4n) is 3.38. The summed E-state index contributed by atoms with van der Waals surface area (Å²) in [5.41, 5.74) is 1.82. The summed E-state index contributed by atoms with van der Waals surface area (Å²) in [6.45, 7) is 9.87. The third kappa shape index (κ3) is 4.48. The van der Waals surface area contributed by atoms with E-state index in [2.05, 4.69) is 15.3 Å². The predicted octanol–water partition coefficient (Wildman–Crippen LogP) is 2.93. The SMILES string of the molecule is CCc1cccc(C)c1NC(=O)CSc1nc(C(C)(C)C)nc2c1c(=O)n(C)c(=O)n2C. The molecular formula is C23H29N5O3S. The number of fused-ring (bicyclic) bond motifs is 1. The lowest BCUT2D eigenvalue weighted by Crippen LogP contribution is -2.38. The molecule has 1 amide bonds. The zero-order valence-corrected chi connectivity index (χ0v) is 20.4. The van der Waals surface area contributed by atoms with Gasteiger partial charge in [0.05, 0.1) is 5.75 Å². The zero-order chi connectivity index (χ0) is 23.8. The van der Waals surface area contributed by atoms with Crippen molar-refractivity contribution < 1.29 is 4.79 Å². The highest BCUT2D eigenvalue weighted by atomic mass is 32.2. The van der Waals surface area contributed by atoms with Crippen LogP contribution in [0, 0.1) is 6.92 Å². The number of thioether (sulfide) groups is 1. The summed E-state index contributed by atoms with van der Waals surface area (Å²) in [5, 5.41) is 3.63. The number of hydrogen-bond donors (Lipinski definition) is 1. The highest BCUT2D eigenvalue weighted by Gasteiger charge is 2.24. The van der Waals surface area contributed by atoms with Crippen molar-refractivity contribution in [3.63, 3.8) is 0 Å². The summed E-state index contributed by atoms with van der Waals surface area (Å²) < 4.78 is 2.38. The van der Waals surface area contributed by atoms with E-state index in [0.717, 1.165) is 27.8 Å². The summed E-state index contributed by atoms with van der Waals surface area (Å²) in [7, 11) is 3.00. The molecule has 0 saturated heterocycles. The van der Waals surface area contributed by atoms with Gasteiger partial charge in [-0.1, -0.05) is 57.7 Å². The van der Waals surface area contributed by atoms with Gasteiger partial charge >= 0.3 is 5.69 Å². The lowest BCUT2D eigenvalue weighted by Gasteiger charge is -2.19. The van der Waals surface area contributed by atoms with Crippen molar-refractivity contribution >= 4 is 34.4 Å². The molecular weight excluding hydrogens is 426 g/mol. The van der Waals surface area contributed by atoms with Crippen LogP contribution in [0.5, 0.6) is 0 Å². The molecule has 0 aliphatic carbocycles. The number of carbonyl (C=O) groups is 1. The molecule has 2 heterocycles. The molecule has 0 saturated carbocycles. The third-order valence-corrected chi connectivity index (χ3v) is 6.26. The lowest BCUT2D eigenvalue weighted by atomic mass is 9.96. The number of anilines is 1. The van der Waals surface area contributed by atoms with Crippen molar-refractivity contribution in [2.24, 2.45) is 14.1 Å². The maximum atomic E-state index is 12.9. The lowest BCUT2D eigenvalue weighted by molar-refractivity contribution is -0.113. The second kappa shape index (κ2) is 8.90. The van der Waals surface area contributed by atoms with E-state index in [1.54, 1.807) is 7.05 Å². The van der Waals surface area contributed by atoms with E-state index in [9.17, 15) is 14.4 Å². The van der Waals surface area contributed by atoms with Gasteiger partial charge in [0.1, 0.15) is 16.2 Å². The molecule has 8 nitrogen and oxygen atoms in total. The van der Waals surface area contributed by atoms with Gasteiger partial charge in [-0.15, -0.1) is 0 Å². The van der Waals surface area contributed by atoms with Crippen molar-refractivity contribution in [1.29, 1.82) is 0 Å². The van der Waals surface area contributed by atoms with Crippen LogP contribution in [0.3, 0.4) is 0 Å². The van der Waals surface area contributed by atoms with Crippen LogP contribution >= 0.6 is 11.8 Å². The minimum atomic E-state index is -0.473. The molecule has 3 aromatic rings. The van der Waals surface area contributed by atoms with Gasteiger partial charge in [0.15, 0.2) is 5.65 Å². The minimum Gasteiger partial charge on any atom is -0.325 e. The predicted molar refractivity (Wildman–Crippen MR) is 129 cm³/mol. The number of rotatable bonds is 5. The van der Waals surface area contributed by atoms with Crippen molar-refractivity contribution in [2.45, 2.75) is 51.5 Å². The number of carbonyl (C=O) groups excluding carboxylic acids is 1. The van der Waals surface area contributed by atoms with Crippen LogP contribution in [0.2, 0.25) is 0 Å². The molecule has 32 heavy (non-hydrogen) atoms. The topological polar surface area (TPSA) is 98.9 Å². The average molecular weight is 456 g/mol. The van der Waals surface area contributed by atoms with Gasteiger partial charge in [0.25, 0.3) is 5.56 Å². The van der Waals surface area contributed by atoms with E-state index in [1.807, 2.05) is 52.8 Å². The Balaban J connectivity index is 2.02. The molecule has 1 N–H and O–H groups in total. The van der Waals surface area contributed by atoms with E-state index in [1.165, 1.54) is 23.4 Å². The minimum absolute atomic E-state index is 0.0686. The Hall–Kier alpha value is -2.94. The highest BCUT2D eigenvalue weighted by Crippen LogP contribution is 2.27. The Morgan fingerprint density at radius 1 is 1.12 bits per heavy atom. The monoisotopic (exact) mass is 455 g/mol. The smallest absolute Gasteiger partial charge is 0.325 e. The number of nitrogens with one attached hydrogen (secondary N) is 1. The third-order valence-electron chi connectivity index (χ3n) is 5.28. The van der Waals surface area contributed by atoms with Gasteiger partial charge in [0, 0.05) is 25.2 Å². The summed E-state index contributed by atoms with van der Waals surface area (Å²) in [5.74, 6) is 0.382. The maximum Gasteiger partial charge on any atom is 0.332 e. The van der Waals surface area contributed by atoms with Crippen LogP contribution in [0.15, 0.2) is 32.8 Å². The Labute approximate surface area is 191 Å². The zero-order valence-electron chi connectivity index (χ0n) is 19.6. The first kappa shape index (κ1) is 23.7. The Bertz CT molecular complexity index is 1320. The van der Waals surface area contributed by atoms with Gasteiger partial charge in [-0.3, -0.25) is 18.7 Å². The van der Waals surface area contributed by atoms with Gasteiger partial charge < -0.3 is 5.32 Å². The van der Waals surface area contributed by atoms with Crippen LogP contribution in [-0.2, 0) is 30.7 Å². The molecule has 9 heteroatoms. The quantitative estimate of drug-likeness (QED) is 0.469. The molecule has 0 radical (unpaired) electrons. The molecule has 2 aromatic heterocycles. The Kier molecular flexibility index (Phi) is 6.59. The van der Waals surface area contributed by atoms with Gasteiger partial charge in [0.2, 0.25) is 5.91 Å². The van der Waals surface area contributed by atoms with Gasteiger partial charge in [-0.25, -0.2) is 14.8 Å². The van der Waals surface area contributed by atoms with Gasteiger partial charge in [-0.05, 0) is 24.5 Å². The first-order valence-corrected chi connectivity index (χ1v) is 11.4. The summed E-state index contributed by atoms with van der Waals surface area (Å²) in [6, 6.07) is 5.92. The fourth-order valence-corrected chi connectivity index (χ4v) is 4.19. The number of aromatic nitrogens is 4. The second-order valence-corrected chi connectivity index (χ2v) is 9.77. The van der Waals surface area contributed by atoms with E-state index in [-0.39, 0.29) is 22.7 Å². The van der Waals surface area contributed by atoms with Crippen LogP contribution in [0.25, 0.3) is 11.0 Å². The van der Waals surface area contributed by atoms with Crippen LogP contribution in [0.4, 0.5) is 5.69 Å². The number of benzene rings is 1. The molecule has 0 aliphatic heterocycles. The maximum absolute atomic E-state index is 12.9. The van der Waals surface area contributed by atoms with Crippen molar-refractivity contribution in [2.75, 3.05) is 11.1 Å². The highest BCUT2D eigenvalue weighted by molar-refractivity contribution is 8.00. The summed E-state index contributed by atoms with van der Waals surface area (Å²) >= 11 is 1.17. The van der Waals surface area contributed by atoms with Crippen molar-refractivity contribution in [1.82, 2.24) is 19.1 Å². The van der Waals surface area contributed by atoms with Crippen LogP contribution < -0.4 is 16.6 Å². The molecule has 0 fully saturated rings. The molecule has 3 rings (SSSR count). The largest absolute Gasteiger partial charge is 0.332 e. The summed E-state index contributed by atoms with van der Waals surface area (Å²) in [4.78, 5) is 47.3. The second-order valence-electron chi connectivity index (χ2n) is 8.81. The van der Waals surface area contributed by atoms with Gasteiger partial charge in [-0.2, -0.15) is 0 Å². The number of amides is 1. The van der Waals surface area contributed by atoms with Crippen molar-refractivity contribution in [3.8, 4) is 0 Å². The molecule has 0 aliphatic rings. The first-order valence-electron chi connectivity index (χ1n) is 10.4. The number of aryl methyl sites for hydroxylation is 3. The number of nitrogens with zero attached hydrogens (tertiary/aromatic N) is 4. The molecule has 0 spiro atoms. The van der Waals surface area contributed by atoms with E-state index in [0.29, 0.717) is 10.9 Å². The molecule has 0 unspecified atom stereocenters. The first-order chi connectivity index (χ1) is 15.0. The molecule has 0 atom stereocenters. The molecule has 170 valence electrons. The van der Waals surface area contributed by atoms with E-state index < -0.39 is 16.7 Å². The number of hydrogen-bond acceptors (Lipinski definition) is 6. The Morgan fingerprint density at radius 2 is 1.81 bits per heavy atom. The van der Waals surface area contributed by atoms with Crippen LogP contribution in [0.1, 0.15) is 44.6 Å². The fraction of sp³-hybridized carbons (Fsp3) is 0.435.